The summed E-state index contributed by atoms with van der Waals surface area (Å²) in [6.45, 7) is 1.83. The monoisotopic (exact) mass is 324 g/mol. The van der Waals surface area contributed by atoms with Crippen molar-refractivity contribution >= 4 is 23.4 Å². The van der Waals surface area contributed by atoms with Gasteiger partial charge in [0.05, 0.1) is 0 Å². The number of rotatable bonds is 5. The van der Waals surface area contributed by atoms with Gasteiger partial charge in [-0.1, -0.05) is 36.4 Å². The second kappa shape index (κ2) is 7.50. The van der Waals surface area contributed by atoms with Crippen molar-refractivity contribution in [1.82, 2.24) is 10.6 Å². The molecule has 3 N–H and O–H groups in total. The molecule has 0 radical (unpaired) electrons. The molecule has 0 aromatic heterocycles. The summed E-state index contributed by atoms with van der Waals surface area (Å²) < 4.78 is 0. The zero-order valence-electron chi connectivity index (χ0n) is 13.3. The Kier molecular flexibility index (Phi) is 4.96. The average Bonchev–Trinajstić information content (AvgIpc) is 3.02. The summed E-state index contributed by atoms with van der Waals surface area (Å²) in [6, 6.07) is 16.9. The first kappa shape index (κ1) is 15.9. The van der Waals surface area contributed by atoms with Gasteiger partial charge in [-0.05, 0) is 30.2 Å². The predicted octanol–water partition coefficient (Wildman–Crippen LogP) is 2.58. The van der Waals surface area contributed by atoms with E-state index in [1.54, 1.807) is 17.0 Å². The molecule has 1 heterocycles. The fourth-order valence-electron chi connectivity index (χ4n) is 2.61. The van der Waals surface area contributed by atoms with E-state index in [1.807, 2.05) is 42.5 Å². The highest BCUT2D eigenvalue weighted by Crippen LogP contribution is 2.20. The maximum Gasteiger partial charge on any atom is 0.321 e. The maximum absolute atomic E-state index is 12.0. The number of carbonyl (C=O) groups is 2. The molecular weight excluding hydrogens is 304 g/mol. The molecule has 6 heteroatoms. The quantitative estimate of drug-likeness (QED) is 0.791. The number of benzene rings is 2. The summed E-state index contributed by atoms with van der Waals surface area (Å²) >= 11 is 0. The Morgan fingerprint density at radius 1 is 1.12 bits per heavy atom. The van der Waals surface area contributed by atoms with Crippen LogP contribution in [0.4, 0.5) is 21.0 Å². The highest BCUT2D eigenvalue weighted by Gasteiger charge is 2.21. The van der Waals surface area contributed by atoms with E-state index in [9.17, 15) is 9.59 Å². The molecule has 0 saturated carbocycles. The fraction of sp³-hybridized carbons (Fsp3) is 0.222. The van der Waals surface area contributed by atoms with Gasteiger partial charge in [-0.15, -0.1) is 0 Å². The zero-order chi connectivity index (χ0) is 16.8. The van der Waals surface area contributed by atoms with Crippen LogP contribution in [-0.4, -0.2) is 31.7 Å². The smallest absolute Gasteiger partial charge is 0.321 e. The van der Waals surface area contributed by atoms with Gasteiger partial charge >= 0.3 is 12.1 Å². The topological polar surface area (TPSA) is 73.5 Å². The maximum atomic E-state index is 12.0. The van der Waals surface area contributed by atoms with Crippen LogP contribution in [-0.2, 0) is 6.42 Å². The SMILES string of the molecule is O=C(NCCc1ccccc1)Nc1cccc(N2CCNC2=O)c1. The first-order valence-electron chi connectivity index (χ1n) is 7.96. The van der Waals surface area contributed by atoms with Crippen LogP contribution in [0.2, 0.25) is 0 Å². The van der Waals surface area contributed by atoms with Crippen molar-refractivity contribution in [2.45, 2.75) is 6.42 Å². The summed E-state index contributed by atoms with van der Waals surface area (Å²) in [4.78, 5) is 25.3. The largest absolute Gasteiger partial charge is 0.338 e. The first-order chi connectivity index (χ1) is 11.7. The summed E-state index contributed by atoms with van der Waals surface area (Å²) in [6.07, 6.45) is 0.780. The second-order valence-corrected chi connectivity index (χ2v) is 5.55. The van der Waals surface area contributed by atoms with Gasteiger partial charge in [0.2, 0.25) is 0 Å². The van der Waals surface area contributed by atoms with Gasteiger partial charge < -0.3 is 16.0 Å². The fourth-order valence-corrected chi connectivity index (χ4v) is 2.61. The first-order valence-corrected chi connectivity index (χ1v) is 7.96. The summed E-state index contributed by atoms with van der Waals surface area (Å²) in [5.41, 5.74) is 2.61. The minimum atomic E-state index is -0.256. The van der Waals surface area contributed by atoms with Gasteiger partial charge in [-0.25, -0.2) is 9.59 Å². The molecule has 0 bridgehead atoms. The number of amides is 4. The zero-order valence-corrected chi connectivity index (χ0v) is 13.3. The van der Waals surface area contributed by atoms with Gasteiger partial charge in [0, 0.05) is 31.0 Å². The van der Waals surface area contributed by atoms with E-state index < -0.39 is 0 Å². The highest BCUT2D eigenvalue weighted by atomic mass is 16.2. The number of urea groups is 2. The molecule has 0 unspecified atom stereocenters. The van der Waals surface area contributed by atoms with Crippen LogP contribution in [0.5, 0.6) is 0 Å². The third-order valence-electron chi connectivity index (χ3n) is 3.81. The van der Waals surface area contributed by atoms with Gasteiger partial charge in [-0.2, -0.15) is 0 Å². The van der Waals surface area contributed by atoms with E-state index in [4.69, 9.17) is 0 Å². The van der Waals surface area contributed by atoms with E-state index in [-0.39, 0.29) is 12.1 Å². The number of hydrogen-bond acceptors (Lipinski definition) is 2. The van der Waals surface area contributed by atoms with Crippen LogP contribution in [0.15, 0.2) is 54.6 Å². The average molecular weight is 324 g/mol. The Morgan fingerprint density at radius 2 is 1.96 bits per heavy atom. The van der Waals surface area contributed by atoms with E-state index in [1.165, 1.54) is 5.56 Å². The van der Waals surface area contributed by atoms with E-state index in [0.29, 0.717) is 25.3 Å². The van der Waals surface area contributed by atoms with E-state index in [0.717, 1.165) is 12.1 Å². The standard InChI is InChI=1S/C18H20N4O2/c23-17(19-10-9-14-5-2-1-3-6-14)21-15-7-4-8-16(13-15)22-12-11-20-18(22)24/h1-8,13H,9-12H2,(H,20,24)(H2,19,21,23). The summed E-state index contributed by atoms with van der Waals surface area (Å²) in [7, 11) is 0. The van der Waals surface area contributed by atoms with E-state index >= 15 is 0 Å². The molecule has 0 aliphatic carbocycles. The molecular formula is C18H20N4O2. The molecule has 2 aromatic rings. The van der Waals surface area contributed by atoms with E-state index in [2.05, 4.69) is 16.0 Å². The lowest BCUT2D eigenvalue weighted by Crippen LogP contribution is -2.31. The van der Waals surface area contributed by atoms with Gasteiger partial charge in [0.1, 0.15) is 0 Å². The Morgan fingerprint density at radius 3 is 2.71 bits per heavy atom. The van der Waals surface area contributed by atoms with Gasteiger partial charge in [-0.3, -0.25) is 4.90 Å². The van der Waals surface area contributed by atoms with Crippen LogP contribution in [0.1, 0.15) is 5.56 Å². The molecule has 4 amide bonds. The molecule has 124 valence electrons. The second-order valence-electron chi connectivity index (χ2n) is 5.55. The normalized spacial score (nSPS) is 13.5. The van der Waals surface area contributed by atoms with Crippen molar-refractivity contribution < 1.29 is 9.59 Å². The lowest BCUT2D eigenvalue weighted by atomic mass is 10.1. The lowest BCUT2D eigenvalue weighted by molar-refractivity contribution is 0.251. The van der Waals surface area contributed by atoms with Crippen LogP contribution >= 0.6 is 0 Å². The minimum Gasteiger partial charge on any atom is -0.338 e. The molecule has 6 nitrogen and oxygen atoms in total. The van der Waals surface area contributed by atoms with Gasteiger partial charge in [0.15, 0.2) is 0 Å². The number of hydrogen-bond donors (Lipinski definition) is 3. The summed E-state index contributed by atoms with van der Waals surface area (Å²) in [5.74, 6) is 0. The number of carbonyl (C=O) groups excluding carboxylic acids is 2. The van der Waals surface area contributed by atoms with Crippen molar-refractivity contribution in [2.75, 3.05) is 29.9 Å². The van der Waals surface area contributed by atoms with Gasteiger partial charge in [0.25, 0.3) is 0 Å². The number of nitrogens with one attached hydrogen (secondary N) is 3. The third kappa shape index (κ3) is 4.04. The predicted molar refractivity (Wildman–Crippen MR) is 94.4 cm³/mol. The van der Waals surface area contributed by atoms with Crippen molar-refractivity contribution in [3.05, 3.63) is 60.2 Å². The molecule has 1 aliphatic heterocycles. The van der Waals surface area contributed by atoms with Crippen LogP contribution < -0.4 is 20.9 Å². The van der Waals surface area contributed by atoms with Crippen molar-refractivity contribution in [1.29, 1.82) is 0 Å². The molecule has 1 saturated heterocycles. The van der Waals surface area contributed by atoms with Crippen molar-refractivity contribution in [3.63, 3.8) is 0 Å². The third-order valence-corrected chi connectivity index (χ3v) is 3.81. The molecule has 2 aromatic carbocycles. The number of anilines is 2. The molecule has 3 rings (SSSR count). The molecule has 0 spiro atoms. The Bertz CT molecular complexity index is 718. The van der Waals surface area contributed by atoms with Crippen LogP contribution in [0, 0.1) is 0 Å². The molecule has 1 aliphatic rings. The Balaban J connectivity index is 1.52. The molecule has 24 heavy (non-hydrogen) atoms. The van der Waals surface area contributed by atoms with Crippen molar-refractivity contribution in [2.24, 2.45) is 0 Å². The molecule has 0 atom stereocenters. The number of nitrogens with zero attached hydrogens (tertiary/aromatic N) is 1. The Labute approximate surface area is 140 Å². The summed E-state index contributed by atoms with van der Waals surface area (Å²) in [5, 5.41) is 8.39. The van der Waals surface area contributed by atoms with Crippen molar-refractivity contribution in [3.8, 4) is 0 Å². The molecule has 1 fully saturated rings. The lowest BCUT2D eigenvalue weighted by Gasteiger charge is -2.15. The van der Waals surface area contributed by atoms with Crippen LogP contribution in [0.3, 0.4) is 0 Å². The highest BCUT2D eigenvalue weighted by molar-refractivity contribution is 5.95. The Hall–Kier alpha value is -3.02. The van der Waals surface area contributed by atoms with Crippen LogP contribution in [0.25, 0.3) is 0 Å². The minimum absolute atomic E-state index is 0.112.